The second-order valence-corrected chi connectivity index (χ2v) is 4.71. The summed E-state index contributed by atoms with van der Waals surface area (Å²) in [7, 11) is 0. The maximum absolute atomic E-state index is 5.90. The van der Waals surface area contributed by atoms with Crippen LogP contribution >= 0.6 is 11.6 Å². The predicted molar refractivity (Wildman–Crippen MR) is 56.6 cm³/mol. The second-order valence-electron chi connectivity index (χ2n) is 4.05. The van der Waals surface area contributed by atoms with Gasteiger partial charge in [-0.3, -0.25) is 0 Å². The zero-order valence-electron chi connectivity index (χ0n) is 8.50. The molecule has 1 aromatic rings. The van der Waals surface area contributed by atoms with Gasteiger partial charge in [-0.1, -0.05) is 19.3 Å². The fourth-order valence-corrected chi connectivity index (χ4v) is 2.16. The van der Waals surface area contributed by atoms with E-state index in [4.69, 9.17) is 16.0 Å². The lowest BCUT2D eigenvalue weighted by Gasteiger charge is -2.18. The molecule has 0 spiro atoms. The lowest BCUT2D eigenvalue weighted by molar-refractivity contribution is 0.360. The molecule has 0 radical (unpaired) electrons. The summed E-state index contributed by atoms with van der Waals surface area (Å²) in [6, 6.07) is 0. The Bertz CT molecular complexity index is 289. The van der Waals surface area contributed by atoms with Crippen LogP contribution in [-0.4, -0.2) is 4.98 Å². The van der Waals surface area contributed by atoms with Crippen LogP contribution < -0.4 is 0 Å². The first-order valence-corrected chi connectivity index (χ1v) is 5.80. The summed E-state index contributed by atoms with van der Waals surface area (Å²) in [4.78, 5) is 4.19. The van der Waals surface area contributed by atoms with Crippen LogP contribution in [0.2, 0.25) is 0 Å². The molecule has 14 heavy (non-hydrogen) atoms. The molecule has 1 aromatic heterocycles. The third-order valence-corrected chi connectivity index (χ3v) is 3.08. The minimum atomic E-state index is -0.118. The fourth-order valence-electron chi connectivity index (χ4n) is 2.06. The highest BCUT2D eigenvalue weighted by molar-refractivity contribution is 6.20. The molecule has 0 saturated heterocycles. The van der Waals surface area contributed by atoms with Crippen molar-refractivity contribution in [1.82, 2.24) is 4.98 Å². The van der Waals surface area contributed by atoms with E-state index in [9.17, 15) is 0 Å². The Labute approximate surface area is 89.7 Å². The number of hydrogen-bond donors (Lipinski definition) is 0. The van der Waals surface area contributed by atoms with E-state index in [2.05, 4.69) is 4.98 Å². The first-order valence-electron chi connectivity index (χ1n) is 5.37. The van der Waals surface area contributed by atoms with Crippen LogP contribution in [0.1, 0.15) is 62.0 Å². The van der Waals surface area contributed by atoms with Crippen LogP contribution in [0.25, 0.3) is 0 Å². The van der Waals surface area contributed by atoms with Crippen LogP contribution in [0.5, 0.6) is 0 Å². The van der Waals surface area contributed by atoms with Gasteiger partial charge in [0.25, 0.3) is 0 Å². The molecule has 1 aliphatic carbocycles. The number of oxazole rings is 1. The van der Waals surface area contributed by atoms with Gasteiger partial charge in [-0.15, -0.1) is 11.6 Å². The molecule has 1 atom stereocenters. The Hall–Kier alpha value is -0.500. The average molecular weight is 214 g/mol. The molecule has 1 fully saturated rings. The molecule has 78 valence electrons. The first-order chi connectivity index (χ1) is 6.77. The van der Waals surface area contributed by atoms with Crippen LogP contribution in [-0.2, 0) is 0 Å². The molecule has 1 unspecified atom stereocenters. The van der Waals surface area contributed by atoms with E-state index < -0.39 is 0 Å². The van der Waals surface area contributed by atoms with Crippen molar-refractivity contribution in [2.24, 2.45) is 0 Å². The summed E-state index contributed by atoms with van der Waals surface area (Å²) >= 11 is 5.90. The van der Waals surface area contributed by atoms with Crippen LogP contribution in [0.4, 0.5) is 0 Å². The topological polar surface area (TPSA) is 26.0 Å². The molecule has 0 aromatic carbocycles. The van der Waals surface area contributed by atoms with Crippen molar-refractivity contribution >= 4 is 11.6 Å². The normalized spacial score (nSPS) is 21.0. The lowest BCUT2D eigenvalue weighted by Crippen LogP contribution is -2.03. The second kappa shape index (κ2) is 4.35. The highest BCUT2D eigenvalue weighted by Gasteiger charge is 2.20. The summed E-state index contributed by atoms with van der Waals surface area (Å²) in [5, 5.41) is -0.118. The Morgan fingerprint density at radius 1 is 1.43 bits per heavy atom. The summed E-state index contributed by atoms with van der Waals surface area (Å²) < 4.78 is 5.64. The van der Waals surface area contributed by atoms with Gasteiger partial charge in [-0.2, -0.15) is 0 Å². The molecule has 2 rings (SSSR count). The third-order valence-electron chi connectivity index (χ3n) is 2.89. The number of rotatable bonds is 2. The van der Waals surface area contributed by atoms with Crippen molar-refractivity contribution in [3.63, 3.8) is 0 Å². The van der Waals surface area contributed by atoms with Gasteiger partial charge in [0.2, 0.25) is 5.89 Å². The molecule has 0 N–H and O–H groups in total. The van der Waals surface area contributed by atoms with Crippen LogP contribution in [0.3, 0.4) is 0 Å². The van der Waals surface area contributed by atoms with Crippen molar-refractivity contribution in [3.05, 3.63) is 17.8 Å². The summed E-state index contributed by atoms with van der Waals surface area (Å²) in [6.45, 7) is 1.89. The lowest BCUT2D eigenvalue weighted by atomic mass is 9.88. The van der Waals surface area contributed by atoms with Crippen molar-refractivity contribution < 1.29 is 4.42 Å². The van der Waals surface area contributed by atoms with E-state index in [0.29, 0.717) is 11.8 Å². The zero-order valence-corrected chi connectivity index (χ0v) is 9.26. The SMILES string of the molecule is CC(Cl)c1ncc(C2CCCCC2)o1. The number of hydrogen-bond acceptors (Lipinski definition) is 2. The summed E-state index contributed by atoms with van der Waals surface area (Å²) in [5.41, 5.74) is 0. The van der Waals surface area contributed by atoms with Crippen molar-refractivity contribution in [1.29, 1.82) is 0 Å². The van der Waals surface area contributed by atoms with E-state index in [1.54, 1.807) is 0 Å². The molecular formula is C11H16ClNO. The van der Waals surface area contributed by atoms with Gasteiger partial charge in [-0.05, 0) is 19.8 Å². The highest BCUT2D eigenvalue weighted by atomic mass is 35.5. The average Bonchev–Trinajstić information content (AvgIpc) is 2.68. The van der Waals surface area contributed by atoms with Crippen molar-refractivity contribution in [2.45, 2.75) is 50.3 Å². The Morgan fingerprint density at radius 2 is 2.14 bits per heavy atom. The maximum atomic E-state index is 5.90. The molecule has 0 amide bonds. The van der Waals surface area contributed by atoms with E-state index in [1.165, 1.54) is 32.1 Å². The van der Waals surface area contributed by atoms with Gasteiger partial charge in [-0.25, -0.2) is 4.98 Å². The molecule has 0 aliphatic heterocycles. The van der Waals surface area contributed by atoms with Gasteiger partial charge in [0, 0.05) is 5.92 Å². The molecular weight excluding hydrogens is 198 g/mol. The van der Waals surface area contributed by atoms with Crippen molar-refractivity contribution in [3.8, 4) is 0 Å². The van der Waals surface area contributed by atoms with Gasteiger partial charge in [0.15, 0.2) is 0 Å². The third kappa shape index (κ3) is 2.11. The van der Waals surface area contributed by atoms with Gasteiger partial charge in [0.05, 0.1) is 6.20 Å². The Balaban J connectivity index is 2.07. The molecule has 3 heteroatoms. The maximum Gasteiger partial charge on any atom is 0.212 e. The molecule has 1 saturated carbocycles. The zero-order chi connectivity index (χ0) is 9.97. The number of halogens is 1. The highest BCUT2D eigenvalue weighted by Crippen LogP contribution is 2.34. The number of aromatic nitrogens is 1. The fraction of sp³-hybridized carbons (Fsp3) is 0.727. The molecule has 0 bridgehead atoms. The first kappa shape index (κ1) is 10.0. The van der Waals surface area contributed by atoms with E-state index in [-0.39, 0.29) is 5.38 Å². The number of alkyl halides is 1. The summed E-state index contributed by atoms with van der Waals surface area (Å²) in [6.07, 6.45) is 8.33. The molecule has 1 aliphatic rings. The number of nitrogens with zero attached hydrogens (tertiary/aromatic N) is 1. The van der Waals surface area contributed by atoms with Crippen LogP contribution in [0, 0.1) is 0 Å². The van der Waals surface area contributed by atoms with E-state index >= 15 is 0 Å². The smallest absolute Gasteiger partial charge is 0.212 e. The van der Waals surface area contributed by atoms with E-state index in [1.807, 2.05) is 13.1 Å². The summed E-state index contributed by atoms with van der Waals surface area (Å²) in [5.74, 6) is 2.28. The minimum Gasteiger partial charge on any atom is -0.444 e. The van der Waals surface area contributed by atoms with Crippen LogP contribution in [0.15, 0.2) is 10.6 Å². The largest absolute Gasteiger partial charge is 0.444 e. The quantitative estimate of drug-likeness (QED) is 0.694. The minimum absolute atomic E-state index is 0.118. The molecule has 1 heterocycles. The van der Waals surface area contributed by atoms with Gasteiger partial charge >= 0.3 is 0 Å². The monoisotopic (exact) mass is 213 g/mol. The predicted octanol–water partition coefficient (Wildman–Crippen LogP) is 4.02. The van der Waals surface area contributed by atoms with Gasteiger partial charge in [0.1, 0.15) is 11.1 Å². The Kier molecular flexibility index (Phi) is 3.12. The molecule has 2 nitrogen and oxygen atoms in total. The van der Waals surface area contributed by atoms with Crippen molar-refractivity contribution in [2.75, 3.05) is 0 Å². The standard InChI is InChI=1S/C11H16ClNO/c1-8(12)11-13-7-10(14-11)9-5-3-2-4-6-9/h7-9H,2-6H2,1H3. The Morgan fingerprint density at radius 3 is 2.71 bits per heavy atom. The van der Waals surface area contributed by atoms with E-state index in [0.717, 1.165) is 5.76 Å². The van der Waals surface area contributed by atoms with Gasteiger partial charge < -0.3 is 4.42 Å².